The van der Waals surface area contributed by atoms with Crippen molar-refractivity contribution < 1.29 is 32.2 Å². The smallest absolute Gasteiger partial charge is 0.378 e. The van der Waals surface area contributed by atoms with Crippen molar-refractivity contribution in [3.63, 3.8) is 0 Å². The summed E-state index contributed by atoms with van der Waals surface area (Å²) in [4.78, 5) is 15.4. The summed E-state index contributed by atoms with van der Waals surface area (Å²) in [7, 11) is 0. The van der Waals surface area contributed by atoms with Gasteiger partial charge in [0.05, 0.1) is 25.4 Å². The van der Waals surface area contributed by atoms with Crippen LogP contribution < -0.4 is 0 Å². The largest absolute Gasteiger partial charge is 0.431 e. The van der Waals surface area contributed by atoms with Gasteiger partial charge in [0, 0.05) is 30.3 Å². The summed E-state index contributed by atoms with van der Waals surface area (Å²) in [5, 5.41) is 0.464. The van der Waals surface area contributed by atoms with Gasteiger partial charge in [0.2, 0.25) is 0 Å². The highest BCUT2D eigenvalue weighted by atomic mass is 35.5. The SMILES string of the molecule is Cc1c(-c2ccc(Cl)cc2)c(C(=O)N2CCOCC2)n(CC2(OC3CCCCO3)CC2)c1C(F)(F)F. The molecule has 36 heavy (non-hydrogen) atoms. The Balaban J connectivity index is 1.62. The van der Waals surface area contributed by atoms with Crippen molar-refractivity contribution in [2.75, 3.05) is 32.9 Å². The molecule has 0 spiro atoms. The lowest BCUT2D eigenvalue weighted by atomic mass is 10.00. The van der Waals surface area contributed by atoms with Crippen LogP contribution >= 0.6 is 11.6 Å². The summed E-state index contributed by atoms with van der Waals surface area (Å²) in [5.74, 6) is -0.438. The molecule has 1 aliphatic carbocycles. The first-order valence-corrected chi connectivity index (χ1v) is 12.8. The number of carbonyl (C=O) groups excluding carboxylic acids is 1. The van der Waals surface area contributed by atoms with E-state index in [0.29, 0.717) is 62.8 Å². The molecule has 196 valence electrons. The molecule has 3 fully saturated rings. The first-order chi connectivity index (χ1) is 17.2. The molecule has 2 saturated heterocycles. The van der Waals surface area contributed by atoms with Crippen LogP contribution in [0.25, 0.3) is 11.1 Å². The third kappa shape index (κ3) is 5.16. The number of rotatable bonds is 6. The lowest BCUT2D eigenvalue weighted by Gasteiger charge is -2.31. The molecular formula is C26H30ClF3N2O4. The molecule has 1 aromatic carbocycles. The molecule has 1 aromatic heterocycles. The van der Waals surface area contributed by atoms with E-state index in [-0.39, 0.29) is 23.4 Å². The van der Waals surface area contributed by atoms with Crippen LogP contribution in [-0.2, 0) is 26.9 Å². The van der Waals surface area contributed by atoms with Crippen molar-refractivity contribution in [2.45, 2.75) is 63.6 Å². The molecule has 10 heteroatoms. The molecule has 5 rings (SSSR count). The highest BCUT2D eigenvalue weighted by molar-refractivity contribution is 6.30. The Bertz CT molecular complexity index is 1100. The molecule has 2 aromatic rings. The van der Waals surface area contributed by atoms with Gasteiger partial charge in [-0.2, -0.15) is 13.2 Å². The van der Waals surface area contributed by atoms with Gasteiger partial charge in [0.25, 0.3) is 5.91 Å². The molecular weight excluding hydrogens is 497 g/mol. The lowest BCUT2D eigenvalue weighted by molar-refractivity contribution is -0.201. The number of halogens is 4. The van der Waals surface area contributed by atoms with Crippen molar-refractivity contribution in [2.24, 2.45) is 0 Å². The van der Waals surface area contributed by atoms with Crippen LogP contribution in [0.3, 0.4) is 0 Å². The molecule has 0 radical (unpaired) electrons. The van der Waals surface area contributed by atoms with Crippen molar-refractivity contribution >= 4 is 17.5 Å². The summed E-state index contributed by atoms with van der Waals surface area (Å²) in [6.45, 7) is 3.29. The molecule has 3 heterocycles. The molecule has 1 saturated carbocycles. The molecule has 0 N–H and O–H groups in total. The summed E-state index contributed by atoms with van der Waals surface area (Å²) in [6.07, 6.45) is -1.24. The van der Waals surface area contributed by atoms with Crippen LogP contribution in [0.2, 0.25) is 5.02 Å². The summed E-state index contributed by atoms with van der Waals surface area (Å²) in [5.41, 5.74) is -0.761. The highest BCUT2D eigenvalue weighted by Crippen LogP contribution is 2.48. The van der Waals surface area contributed by atoms with Gasteiger partial charge < -0.3 is 23.7 Å². The van der Waals surface area contributed by atoms with Gasteiger partial charge >= 0.3 is 6.18 Å². The topological polar surface area (TPSA) is 52.9 Å². The average molecular weight is 527 g/mol. The fourth-order valence-electron chi connectivity index (χ4n) is 5.20. The zero-order valence-electron chi connectivity index (χ0n) is 20.2. The minimum Gasteiger partial charge on any atom is -0.378 e. The van der Waals surface area contributed by atoms with Crippen molar-refractivity contribution in [1.29, 1.82) is 0 Å². The van der Waals surface area contributed by atoms with Gasteiger partial charge in [-0.05, 0) is 62.3 Å². The van der Waals surface area contributed by atoms with E-state index in [2.05, 4.69) is 0 Å². The van der Waals surface area contributed by atoms with Gasteiger partial charge in [-0.3, -0.25) is 4.79 Å². The maximum atomic E-state index is 14.6. The highest BCUT2D eigenvalue weighted by Gasteiger charge is 2.50. The number of morpholine rings is 1. The van der Waals surface area contributed by atoms with Crippen molar-refractivity contribution in [1.82, 2.24) is 9.47 Å². The number of benzene rings is 1. The van der Waals surface area contributed by atoms with Crippen LogP contribution in [0.1, 0.15) is 53.8 Å². The fourth-order valence-corrected chi connectivity index (χ4v) is 5.33. The quantitative estimate of drug-likeness (QED) is 0.486. The average Bonchev–Trinajstić information content (AvgIpc) is 3.54. The second-order valence-electron chi connectivity index (χ2n) is 9.79. The third-order valence-corrected chi connectivity index (χ3v) is 7.43. The molecule has 0 bridgehead atoms. The van der Waals surface area contributed by atoms with E-state index in [1.165, 1.54) is 6.92 Å². The first kappa shape index (κ1) is 25.6. The Kier molecular flexibility index (Phi) is 7.11. The Morgan fingerprint density at radius 1 is 1.14 bits per heavy atom. The number of nitrogens with zero attached hydrogens (tertiary/aromatic N) is 2. The lowest BCUT2D eigenvalue weighted by Crippen LogP contribution is -2.42. The molecule has 1 atom stereocenters. The van der Waals surface area contributed by atoms with Crippen LogP contribution in [-0.4, -0.2) is 60.2 Å². The summed E-state index contributed by atoms with van der Waals surface area (Å²) >= 11 is 6.06. The molecule has 3 aliphatic rings. The number of carbonyl (C=O) groups is 1. The molecule has 2 aliphatic heterocycles. The van der Waals surface area contributed by atoms with Gasteiger partial charge in [-0.15, -0.1) is 0 Å². The van der Waals surface area contributed by atoms with E-state index in [1.54, 1.807) is 29.2 Å². The summed E-state index contributed by atoms with van der Waals surface area (Å²) in [6, 6.07) is 6.56. The molecule has 1 amide bonds. The van der Waals surface area contributed by atoms with Gasteiger partial charge in [0.1, 0.15) is 11.4 Å². The Morgan fingerprint density at radius 3 is 2.42 bits per heavy atom. The number of aromatic nitrogens is 1. The van der Waals surface area contributed by atoms with Crippen LogP contribution in [0.5, 0.6) is 0 Å². The van der Waals surface area contributed by atoms with E-state index >= 15 is 0 Å². The second kappa shape index (κ2) is 10.0. The predicted molar refractivity (Wildman–Crippen MR) is 128 cm³/mol. The third-order valence-electron chi connectivity index (χ3n) is 7.18. The van der Waals surface area contributed by atoms with Gasteiger partial charge in [0.15, 0.2) is 6.29 Å². The molecule has 6 nitrogen and oxygen atoms in total. The molecule has 1 unspecified atom stereocenters. The van der Waals surface area contributed by atoms with Crippen LogP contribution in [0, 0.1) is 6.92 Å². The minimum absolute atomic E-state index is 0.0196. The number of alkyl halides is 3. The Morgan fingerprint density at radius 2 is 1.83 bits per heavy atom. The van der Waals surface area contributed by atoms with Gasteiger partial charge in [-0.25, -0.2) is 0 Å². The van der Waals surface area contributed by atoms with E-state index in [9.17, 15) is 18.0 Å². The number of hydrogen-bond acceptors (Lipinski definition) is 4. The zero-order chi connectivity index (χ0) is 25.5. The number of amides is 1. The predicted octanol–water partition coefficient (Wildman–Crippen LogP) is 5.68. The van der Waals surface area contributed by atoms with Crippen LogP contribution in [0.15, 0.2) is 24.3 Å². The van der Waals surface area contributed by atoms with E-state index in [4.69, 9.17) is 25.8 Å². The zero-order valence-corrected chi connectivity index (χ0v) is 21.0. The normalized spacial score (nSPS) is 22.0. The maximum absolute atomic E-state index is 14.6. The Hall–Kier alpha value is -2.07. The van der Waals surface area contributed by atoms with Crippen LogP contribution in [0.4, 0.5) is 13.2 Å². The summed E-state index contributed by atoms with van der Waals surface area (Å²) < 4.78 is 62.3. The monoisotopic (exact) mass is 526 g/mol. The fraction of sp³-hybridized carbons (Fsp3) is 0.577. The van der Waals surface area contributed by atoms with Gasteiger partial charge in [-0.1, -0.05) is 23.7 Å². The number of hydrogen-bond donors (Lipinski definition) is 0. The second-order valence-corrected chi connectivity index (χ2v) is 10.2. The van der Waals surface area contributed by atoms with Crippen molar-refractivity contribution in [3.05, 3.63) is 46.2 Å². The Labute approximate surface area is 213 Å². The van der Waals surface area contributed by atoms with E-state index in [0.717, 1.165) is 17.4 Å². The first-order valence-electron chi connectivity index (χ1n) is 12.4. The standard InChI is InChI=1S/C26H30ClF3N2O4/c1-17-21(18-5-7-19(27)8-6-18)22(24(33)31-11-14-34-15-12-31)32(23(17)26(28,29)30)16-25(9-10-25)36-20-4-2-3-13-35-20/h5-8,20H,2-4,9-16H2,1H3. The number of ether oxygens (including phenoxy) is 3. The van der Waals surface area contributed by atoms with Crippen molar-refractivity contribution in [3.8, 4) is 11.1 Å². The minimum atomic E-state index is -4.66. The van der Waals surface area contributed by atoms with E-state index < -0.39 is 29.7 Å². The maximum Gasteiger partial charge on any atom is 0.431 e. The van der Waals surface area contributed by atoms with E-state index in [1.807, 2.05) is 0 Å².